The van der Waals surface area contributed by atoms with Gasteiger partial charge in [-0.25, -0.2) is 4.79 Å². The first-order valence-corrected chi connectivity index (χ1v) is 3.11. The van der Waals surface area contributed by atoms with Gasteiger partial charge in [0.05, 0.1) is 0 Å². The van der Waals surface area contributed by atoms with Crippen LogP contribution in [-0.2, 0) is 4.79 Å². The van der Waals surface area contributed by atoms with Crippen molar-refractivity contribution >= 4 is 12.2 Å². The molecule has 0 aromatic rings. The zero-order valence-electron chi connectivity index (χ0n) is 5.63. The zero-order valence-corrected chi connectivity index (χ0v) is 5.63. The molecule has 0 spiro atoms. The molecular formula is C7H11NO. The molecule has 0 fully saturated rings. The van der Waals surface area contributed by atoms with Crippen molar-refractivity contribution in [3.8, 4) is 0 Å². The number of nitrogens with zero attached hydrogens (tertiary/aromatic N) is 1. The lowest BCUT2D eigenvalue weighted by molar-refractivity contribution is 0.569. The van der Waals surface area contributed by atoms with Crippen molar-refractivity contribution < 1.29 is 4.79 Å². The predicted octanol–water partition coefficient (Wildman–Crippen LogP) is 1.25. The standard InChI is InChI=1S/C7H11NO/c1-2-3-5-8-6-4-7-9/h4,6H,2-3,5H2,1H3. The monoisotopic (exact) mass is 125 g/mol. The maximum atomic E-state index is 9.57. The lowest BCUT2D eigenvalue weighted by Gasteiger charge is -1.84. The number of unbranched alkanes of at least 4 members (excludes halogenated alkanes) is 1. The Labute approximate surface area is 55.3 Å². The van der Waals surface area contributed by atoms with E-state index in [9.17, 15) is 4.79 Å². The molecule has 2 heteroatoms. The Kier molecular flexibility index (Phi) is 6.42. The first kappa shape index (κ1) is 8.12. The van der Waals surface area contributed by atoms with Gasteiger partial charge in [-0.1, -0.05) is 13.3 Å². The Morgan fingerprint density at radius 2 is 2.44 bits per heavy atom. The summed E-state index contributed by atoms with van der Waals surface area (Å²) >= 11 is 0. The van der Waals surface area contributed by atoms with Gasteiger partial charge in [-0.15, -0.1) is 0 Å². The number of carbonyl (C=O) groups excluding carboxylic acids is 1. The van der Waals surface area contributed by atoms with Crippen LogP contribution in [0.15, 0.2) is 11.1 Å². The molecular weight excluding hydrogens is 114 g/mol. The maximum Gasteiger partial charge on any atom is 0.126 e. The van der Waals surface area contributed by atoms with Gasteiger partial charge in [0.15, 0.2) is 0 Å². The fourth-order valence-corrected chi connectivity index (χ4v) is 0.407. The van der Waals surface area contributed by atoms with Crippen LogP contribution in [0.4, 0.5) is 0 Å². The second kappa shape index (κ2) is 7.12. The number of allylic oxidation sites excluding steroid dienone is 1. The second-order valence-electron chi connectivity index (χ2n) is 1.69. The molecule has 0 aromatic carbocycles. The number of hydrogen-bond donors (Lipinski definition) is 0. The molecule has 0 amide bonds. The Morgan fingerprint density at radius 1 is 1.67 bits per heavy atom. The fourth-order valence-electron chi connectivity index (χ4n) is 0.407. The molecule has 0 atom stereocenters. The Hall–Kier alpha value is -0.880. The highest BCUT2D eigenvalue weighted by Crippen LogP contribution is 1.84. The van der Waals surface area contributed by atoms with Crippen LogP contribution in [0.2, 0.25) is 0 Å². The normalized spacial score (nSPS) is 9.44. The van der Waals surface area contributed by atoms with E-state index in [1.807, 2.05) is 0 Å². The molecule has 0 aliphatic heterocycles. The first-order valence-electron chi connectivity index (χ1n) is 3.11. The highest BCUT2D eigenvalue weighted by atomic mass is 16.1. The minimum Gasteiger partial charge on any atom is -0.292 e. The van der Waals surface area contributed by atoms with Crippen molar-refractivity contribution in [3.63, 3.8) is 0 Å². The van der Waals surface area contributed by atoms with E-state index in [0.717, 1.165) is 19.4 Å². The first-order chi connectivity index (χ1) is 4.41. The number of aliphatic imine (C=N–C) groups is 1. The van der Waals surface area contributed by atoms with Crippen molar-refractivity contribution in [2.45, 2.75) is 19.8 Å². The minimum absolute atomic E-state index is 0.814. The largest absolute Gasteiger partial charge is 0.292 e. The third-order valence-corrected chi connectivity index (χ3v) is 0.889. The van der Waals surface area contributed by atoms with Gasteiger partial charge in [0.1, 0.15) is 5.94 Å². The van der Waals surface area contributed by atoms with Crippen LogP contribution in [0.5, 0.6) is 0 Å². The van der Waals surface area contributed by atoms with E-state index in [1.54, 1.807) is 5.94 Å². The van der Waals surface area contributed by atoms with E-state index in [-0.39, 0.29) is 0 Å². The van der Waals surface area contributed by atoms with Gasteiger partial charge >= 0.3 is 0 Å². The third kappa shape index (κ3) is 7.12. The molecule has 0 N–H and O–H groups in total. The van der Waals surface area contributed by atoms with Gasteiger partial charge in [0, 0.05) is 18.8 Å². The highest BCUT2D eigenvalue weighted by Gasteiger charge is 1.74. The Morgan fingerprint density at radius 3 is 3.00 bits per heavy atom. The van der Waals surface area contributed by atoms with E-state index in [2.05, 4.69) is 11.9 Å². The smallest absolute Gasteiger partial charge is 0.126 e. The quantitative estimate of drug-likeness (QED) is 0.316. The SMILES string of the molecule is CCCCN=CC=C=O. The molecule has 9 heavy (non-hydrogen) atoms. The zero-order chi connectivity index (χ0) is 6.95. The number of hydrogen-bond acceptors (Lipinski definition) is 2. The summed E-state index contributed by atoms with van der Waals surface area (Å²) in [7, 11) is 0. The summed E-state index contributed by atoms with van der Waals surface area (Å²) in [5.74, 6) is 1.62. The van der Waals surface area contributed by atoms with Crippen molar-refractivity contribution in [3.05, 3.63) is 6.08 Å². The van der Waals surface area contributed by atoms with E-state index in [4.69, 9.17) is 0 Å². The maximum absolute atomic E-state index is 9.57. The molecule has 0 bridgehead atoms. The predicted molar refractivity (Wildman–Crippen MR) is 38.5 cm³/mol. The summed E-state index contributed by atoms with van der Waals surface area (Å²) in [4.78, 5) is 13.5. The van der Waals surface area contributed by atoms with Gasteiger partial charge in [0.25, 0.3) is 0 Å². The number of rotatable bonds is 4. The lowest BCUT2D eigenvalue weighted by Crippen LogP contribution is -1.77. The average molecular weight is 125 g/mol. The van der Waals surface area contributed by atoms with Crippen LogP contribution in [0.25, 0.3) is 0 Å². The summed E-state index contributed by atoms with van der Waals surface area (Å²) in [5.41, 5.74) is 0. The van der Waals surface area contributed by atoms with Crippen LogP contribution in [0, 0.1) is 0 Å². The van der Waals surface area contributed by atoms with Crippen molar-refractivity contribution in [1.82, 2.24) is 0 Å². The van der Waals surface area contributed by atoms with Crippen molar-refractivity contribution in [2.75, 3.05) is 6.54 Å². The molecule has 0 saturated heterocycles. The van der Waals surface area contributed by atoms with Gasteiger partial charge < -0.3 is 0 Å². The fraction of sp³-hybridized carbons (Fsp3) is 0.571. The van der Waals surface area contributed by atoms with Gasteiger partial charge in [-0.2, -0.15) is 0 Å². The van der Waals surface area contributed by atoms with E-state index >= 15 is 0 Å². The lowest BCUT2D eigenvalue weighted by atomic mass is 10.3. The molecule has 0 radical (unpaired) electrons. The topological polar surface area (TPSA) is 29.4 Å². The van der Waals surface area contributed by atoms with Crippen LogP contribution >= 0.6 is 0 Å². The van der Waals surface area contributed by atoms with Gasteiger partial charge in [-0.3, -0.25) is 4.99 Å². The molecule has 0 rings (SSSR count). The molecule has 0 aliphatic rings. The molecule has 0 heterocycles. The minimum atomic E-state index is 0.814. The summed E-state index contributed by atoms with van der Waals surface area (Å²) < 4.78 is 0. The average Bonchev–Trinajstić information content (AvgIpc) is 1.89. The van der Waals surface area contributed by atoms with Crippen LogP contribution in [0.3, 0.4) is 0 Å². The Balaban J connectivity index is 3.14. The van der Waals surface area contributed by atoms with E-state index in [1.165, 1.54) is 12.3 Å². The van der Waals surface area contributed by atoms with Crippen molar-refractivity contribution in [2.24, 2.45) is 4.99 Å². The van der Waals surface area contributed by atoms with Crippen LogP contribution < -0.4 is 0 Å². The molecule has 0 saturated carbocycles. The summed E-state index contributed by atoms with van der Waals surface area (Å²) in [5, 5.41) is 0. The molecule has 0 aliphatic carbocycles. The van der Waals surface area contributed by atoms with Crippen LogP contribution in [-0.4, -0.2) is 18.7 Å². The van der Waals surface area contributed by atoms with E-state index < -0.39 is 0 Å². The van der Waals surface area contributed by atoms with Gasteiger partial charge in [0.2, 0.25) is 0 Å². The van der Waals surface area contributed by atoms with Crippen LogP contribution in [0.1, 0.15) is 19.8 Å². The second-order valence-corrected chi connectivity index (χ2v) is 1.69. The third-order valence-electron chi connectivity index (χ3n) is 0.889. The molecule has 50 valence electrons. The summed E-state index contributed by atoms with van der Waals surface area (Å²) in [6.07, 6.45) is 4.99. The van der Waals surface area contributed by atoms with Gasteiger partial charge in [-0.05, 0) is 6.42 Å². The molecule has 2 nitrogen and oxygen atoms in total. The summed E-state index contributed by atoms with van der Waals surface area (Å²) in [6.45, 7) is 2.92. The highest BCUT2D eigenvalue weighted by molar-refractivity contribution is 5.81. The van der Waals surface area contributed by atoms with E-state index in [0.29, 0.717) is 0 Å². The van der Waals surface area contributed by atoms with Crippen molar-refractivity contribution in [1.29, 1.82) is 0 Å². The molecule has 0 aromatic heterocycles. The Bertz CT molecular complexity index is 123. The summed E-state index contributed by atoms with van der Waals surface area (Å²) in [6, 6.07) is 0. The molecule has 0 unspecified atom stereocenters.